The summed E-state index contributed by atoms with van der Waals surface area (Å²) in [5, 5.41) is 3.57. The molecule has 1 saturated heterocycles. The number of hydrogen-bond acceptors (Lipinski definition) is 3. The van der Waals surface area contributed by atoms with Crippen LogP contribution in [0.5, 0.6) is 0 Å². The Balaban J connectivity index is 1.82. The van der Waals surface area contributed by atoms with Crippen LogP contribution in [0.15, 0.2) is 0 Å². The van der Waals surface area contributed by atoms with Crippen molar-refractivity contribution < 1.29 is 4.74 Å². The summed E-state index contributed by atoms with van der Waals surface area (Å²) >= 11 is 1.95. The number of ether oxygens (including phenoxy) is 1. The first-order valence-electron chi connectivity index (χ1n) is 5.73. The molecule has 3 heteroatoms. The van der Waals surface area contributed by atoms with Crippen molar-refractivity contribution >= 4 is 11.8 Å². The molecule has 0 aromatic rings. The maximum Gasteiger partial charge on any atom is 0.0619 e. The van der Waals surface area contributed by atoms with E-state index in [9.17, 15) is 0 Å². The van der Waals surface area contributed by atoms with Gasteiger partial charge in [-0.25, -0.2) is 0 Å². The first kappa shape index (κ1) is 12.3. The van der Waals surface area contributed by atoms with E-state index in [-0.39, 0.29) is 0 Å². The SMILES string of the molecule is CSCCCCCNC1CCCOC1. The van der Waals surface area contributed by atoms with Crippen molar-refractivity contribution in [2.24, 2.45) is 0 Å². The van der Waals surface area contributed by atoms with Crippen LogP contribution in [0, 0.1) is 0 Å². The molecule has 0 aromatic carbocycles. The van der Waals surface area contributed by atoms with Gasteiger partial charge in [0.2, 0.25) is 0 Å². The van der Waals surface area contributed by atoms with Gasteiger partial charge < -0.3 is 10.1 Å². The number of unbranched alkanes of at least 4 members (excludes halogenated alkanes) is 2. The molecule has 1 N–H and O–H groups in total. The van der Waals surface area contributed by atoms with E-state index in [1.54, 1.807) is 0 Å². The van der Waals surface area contributed by atoms with Crippen LogP contribution < -0.4 is 5.32 Å². The summed E-state index contributed by atoms with van der Waals surface area (Å²) in [6, 6.07) is 0.629. The van der Waals surface area contributed by atoms with Gasteiger partial charge in [0, 0.05) is 12.6 Å². The molecule has 0 amide bonds. The van der Waals surface area contributed by atoms with Gasteiger partial charge >= 0.3 is 0 Å². The van der Waals surface area contributed by atoms with Crippen molar-refractivity contribution in [2.45, 2.75) is 38.1 Å². The minimum absolute atomic E-state index is 0.629. The lowest BCUT2D eigenvalue weighted by molar-refractivity contribution is 0.0704. The van der Waals surface area contributed by atoms with Crippen LogP contribution in [0.3, 0.4) is 0 Å². The minimum Gasteiger partial charge on any atom is -0.380 e. The highest BCUT2D eigenvalue weighted by molar-refractivity contribution is 7.98. The first-order chi connectivity index (χ1) is 6.93. The fourth-order valence-corrected chi connectivity index (χ4v) is 2.25. The largest absolute Gasteiger partial charge is 0.380 e. The van der Waals surface area contributed by atoms with E-state index in [4.69, 9.17) is 4.74 Å². The van der Waals surface area contributed by atoms with Crippen LogP contribution in [0.25, 0.3) is 0 Å². The third-order valence-corrected chi connectivity index (χ3v) is 3.32. The molecule has 0 spiro atoms. The second-order valence-corrected chi connectivity index (χ2v) is 4.91. The van der Waals surface area contributed by atoms with Crippen molar-refractivity contribution in [2.75, 3.05) is 31.8 Å². The summed E-state index contributed by atoms with van der Waals surface area (Å²) in [4.78, 5) is 0. The Bertz CT molecular complexity index is 126. The quantitative estimate of drug-likeness (QED) is 0.661. The Morgan fingerprint density at radius 3 is 3.00 bits per heavy atom. The molecule has 1 fully saturated rings. The lowest BCUT2D eigenvalue weighted by Gasteiger charge is -2.23. The Kier molecular flexibility index (Phi) is 7.55. The lowest BCUT2D eigenvalue weighted by atomic mass is 10.1. The molecule has 84 valence electrons. The highest BCUT2D eigenvalue weighted by Gasteiger charge is 2.11. The number of nitrogens with one attached hydrogen (secondary N) is 1. The number of rotatable bonds is 7. The lowest BCUT2D eigenvalue weighted by Crippen LogP contribution is -2.37. The summed E-state index contributed by atoms with van der Waals surface area (Å²) in [6.45, 7) is 3.05. The molecular weight excluding hydrogens is 194 g/mol. The highest BCUT2D eigenvalue weighted by Crippen LogP contribution is 2.06. The number of hydrogen-bond donors (Lipinski definition) is 1. The van der Waals surface area contributed by atoms with E-state index >= 15 is 0 Å². The molecule has 0 bridgehead atoms. The van der Waals surface area contributed by atoms with Crippen molar-refractivity contribution in [3.63, 3.8) is 0 Å². The standard InChI is InChI=1S/C11H23NOS/c1-14-9-4-2-3-7-12-11-6-5-8-13-10-11/h11-12H,2-10H2,1H3. The second kappa shape index (κ2) is 8.57. The number of thioether (sulfide) groups is 1. The summed E-state index contributed by atoms with van der Waals surface area (Å²) in [6.07, 6.45) is 8.75. The van der Waals surface area contributed by atoms with Crippen molar-refractivity contribution in [3.8, 4) is 0 Å². The van der Waals surface area contributed by atoms with E-state index < -0.39 is 0 Å². The molecule has 1 heterocycles. The van der Waals surface area contributed by atoms with Crippen LogP contribution in [0.2, 0.25) is 0 Å². The third-order valence-electron chi connectivity index (χ3n) is 2.62. The predicted octanol–water partition coefficient (Wildman–Crippen LogP) is 2.29. The van der Waals surface area contributed by atoms with Crippen LogP contribution in [-0.2, 0) is 4.74 Å². The van der Waals surface area contributed by atoms with Crippen LogP contribution in [0.4, 0.5) is 0 Å². The zero-order valence-corrected chi connectivity index (χ0v) is 10.1. The third kappa shape index (κ3) is 5.89. The molecule has 0 aliphatic carbocycles. The molecule has 0 saturated carbocycles. The summed E-state index contributed by atoms with van der Waals surface area (Å²) in [5.41, 5.74) is 0. The fourth-order valence-electron chi connectivity index (χ4n) is 1.76. The molecular formula is C11H23NOS. The summed E-state index contributed by atoms with van der Waals surface area (Å²) in [5.74, 6) is 1.31. The van der Waals surface area contributed by atoms with Gasteiger partial charge in [-0.05, 0) is 44.2 Å². The van der Waals surface area contributed by atoms with Gasteiger partial charge in [0.05, 0.1) is 6.61 Å². The first-order valence-corrected chi connectivity index (χ1v) is 7.13. The van der Waals surface area contributed by atoms with Crippen molar-refractivity contribution in [1.29, 1.82) is 0 Å². The summed E-state index contributed by atoms with van der Waals surface area (Å²) < 4.78 is 5.41. The molecule has 1 unspecified atom stereocenters. The van der Waals surface area contributed by atoms with Gasteiger partial charge in [-0.3, -0.25) is 0 Å². The monoisotopic (exact) mass is 217 g/mol. The maximum absolute atomic E-state index is 5.41. The molecule has 0 aromatic heterocycles. The topological polar surface area (TPSA) is 21.3 Å². The molecule has 0 radical (unpaired) electrons. The van der Waals surface area contributed by atoms with Gasteiger partial charge in [0.25, 0.3) is 0 Å². The van der Waals surface area contributed by atoms with E-state index in [2.05, 4.69) is 11.6 Å². The second-order valence-electron chi connectivity index (χ2n) is 3.92. The van der Waals surface area contributed by atoms with Crippen LogP contribution in [-0.4, -0.2) is 37.8 Å². The van der Waals surface area contributed by atoms with Gasteiger partial charge in [-0.15, -0.1) is 0 Å². The average Bonchev–Trinajstić information content (AvgIpc) is 2.25. The average molecular weight is 217 g/mol. The van der Waals surface area contributed by atoms with E-state index in [1.165, 1.54) is 44.4 Å². The smallest absolute Gasteiger partial charge is 0.0619 e. The van der Waals surface area contributed by atoms with Crippen molar-refractivity contribution in [1.82, 2.24) is 5.32 Å². The molecule has 2 nitrogen and oxygen atoms in total. The van der Waals surface area contributed by atoms with Gasteiger partial charge in [-0.2, -0.15) is 11.8 Å². The Morgan fingerprint density at radius 2 is 2.29 bits per heavy atom. The Hall–Kier alpha value is 0.270. The van der Waals surface area contributed by atoms with Crippen LogP contribution in [0.1, 0.15) is 32.1 Å². The zero-order valence-electron chi connectivity index (χ0n) is 9.26. The van der Waals surface area contributed by atoms with Gasteiger partial charge in [0.15, 0.2) is 0 Å². The Morgan fingerprint density at radius 1 is 1.36 bits per heavy atom. The minimum atomic E-state index is 0.629. The van der Waals surface area contributed by atoms with Crippen molar-refractivity contribution in [3.05, 3.63) is 0 Å². The maximum atomic E-state index is 5.41. The Labute approximate surface area is 92.2 Å². The van der Waals surface area contributed by atoms with Gasteiger partial charge in [-0.1, -0.05) is 6.42 Å². The van der Waals surface area contributed by atoms with Gasteiger partial charge in [0.1, 0.15) is 0 Å². The zero-order chi connectivity index (χ0) is 10.1. The molecule has 1 aliphatic heterocycles. The molecule has 1 rings (SSSR count). The van der Waals surface area contributed by atoms with E-state index in [0.29, 0.717) is 6.04 Å². The van der Waals surface area contributed by atoms with Crippen LogP contribution >= 0.6 is 11.8 Å². The highest BCUT2D eigenvalue weighted by atomic mass is 32.2. The normalized spacial score (nSPS) is 22.5. The molecule has 1 atom stereocenters. The predicted molar refractivity (Wildman–Crippen MR) is 64.1 cm³/mol. The van der Waals surface area contributed by atoms with E-state index in [1.807, 2.05) is 11.8 Å². The fraction of sp³-hybridized carbons (Fsp3) is 1.00. The molecule has 14 heavy (non-hydrogen) atoms. The summed E-state index contributed by atoms with van der Waals surface area (Å²) in [7, 11) is 0. The molecule has 1 aliphatic rings. The van der Waals surface area contributed by atoms with E-state index in [0.717, 1.165) is 13.2 Å².